The van der Waals surface area contributed by atoms with Gasteiger partial charge in [-0.05, 0) is 117 Å². The van der Waals surface area contributed by atoms with Gasteiger partial charge in [-0.1, -0.05) is 45.4 Å². The van der Waals surface area contributed by atoms with E-state index in [1.165, 1.54) is 69.8 Å². The minimum absolute atomic E-state index is 0.0611. The van der Waals surface area contributed by atoms with Crippen molar-refractivity contribution in [1.82, 2.24) is 0 Å². The minimum atomic E-state index is 0.0611. The number of carbonyl (C=O) groups excluding carboxylic acids is 1. The molecule has 1 unspecified atom stereocenters. The summed E-state index contributed by atoms with van der Waals surface area (Å²) in [7, 11) is 0. The summed E-state index contributed by atoms with van der Waals surface area (Å²) < 4.78 is 0. The molecule has 29 heavy (non-hydrogen) atoms. The Morgan fingerprint density at radius 2 is 1.59 bits per heavy atom. The summed E-state index contributed by atoms with van der Waals surface area (Å²) in [4.78, 5) is 12.6. The van der Waals surface area contributed by atoms with E-state index in [9.17, 15) is 4.79 Å². The van der Waals surface area contributed by atoms with E-state index < -0.39 is 0 Å². The largest absolute Gasteiger partial charge is 0.289 e. The van der Waals surface area contributed by atoms with Crippen LogP contribution in [-0.4, -0.2) is 5.78 Å². The number of carbonyl (C=O) groups is 1. The van der Waals surface area contributed by atoms with Crippen molar-refractivity contribution in [3.8, 4) is 0 Å². The highest BCUT2D eigenvalue weighted by Gasteiger charge is 2.59. The van der Waals surface area contributed by atoms with E-state index in [1.807, 2.05) is 13.0 Å². The molecule has 0 aromatic heterocycles. The first-order chi connectivity index (χ1) is 13.7. The first-order valence-corrected chi connectivity index (χ1v) is 12.3. The van der Waals surface area contributed by atoms with E-state index in [0.717, 1.165) is 29.2 Å². The molecule has 0 heterocycles. The van der Waals surface area contributed by atoms with Gasteiger partial charge in [0, 0.05) is 5.57 Å². The van der Waals surface area contributed by atoms with Gasteiger partial charge in [-0.25, -0.2) is 0 Å². The Morgan fingerprint density at radius 1 is 0.862 bits per heavy atom. The third kappa shape index (κ3) is 3.31. The van der Waals surface area contributed by atoms with Gasteiger partial charge in [0.05, 0.1) is 0 Å². The van der Waals surface area contributed by atoms with Crippen LogP contribution in [0.25, 0.3) is 0 Å². The fourth-order valence-corrected chi connectivity index (χ4v) is 8.65. The Balaban J connectivity index is 1.56. The van der Waals surface area contributed by atoms with Crippen LogP contribution in [0.2, 0.25) is 0 Å². The number of allylic oxidation sites excluding steroid dienone is 4. The second-order valence-corrected chi connectivity index (χ2v) is 11.6. The Labute approximate surface area is 179 Å². The van der Waals surface area contributed by atoms with E-state index in [2.05, 4.69) is 33.9 Å². The van der Waals surface area contributed by atoms with Gasteiger partial charge in [0.1, 0.15) is 0 Å². The van der Waals surface area contributed by atoms with Gasteiger partial charge >= 0.3 is 0 Å². The van der Waals surface area contributed by atoms with E-state index >= 15 is 0 Å². The molecule has 0 N–H and O–H groups in total. The van der Waals surface area contributed by atoms with Gasteiger partial charge < -0.3 is 0 Å². The summed E-state index contributed by atoms with van der Waals surface area (Å²) in [6.45, 7) is 17.1. The van der Waals surface area contributed by atoms with Crippen molar-refractivity contribution in [2.75, 3.05) is 0 Å². The third-order valence-corrected chi connectivity index (χ3v) is 10.3. The molecular formula is C28H42O. The molecule has 4 aliphatic carbocycles. The highest BCUT2D eigenvalue weighted by atomic mass is 16.1. The van der Waals surface area contributed by atoms with E-state index in [0.29, 0.717) is 22.3 Å². The number of hydrogen-bond acceptors (Lipinski definition) is 1. The second-order valence-electron chi connectivity index (χ2n) is 11.6. The zero-order valence-corrected chi connectivity index (χ0v) is 19.4. The van der Waals surface area contributed by atoms with Crippen LogP contribution in [0.5, 0.6) is 0 Å². The van der Waals surface area contributed by atoms with Crippen LogP contribution in [0.15, 0.2) is 36.0 Å². The van der Waals surface area contributed by atoms with Crippen molar-refractivity contribution >= 4 is 5.78 Å². The van der Waals surface area contributed by atoms with Crippen molar-refractivity contribution < 1.29 is 4.79 Å². The Morgan fingerprint density at radius 3 is 2.31 bits per heavy atom. The quantitative estimate of drug-likeness (QED) is 0.353. The first kappa shape index (κ1) is 21.1. The summed E-state index contributed by atoms with van der Waals surface area (Å²) in [6, 6.07) is 0. The van der Waals surface area contributed by atoms with Crippen LogP contribution < -0.4 is 0 Å². The zero-order chi connectivity index (χ0) is 21.0. The maximum Gasteiger partial charge on any atom is 0.185 e. The van der Waals surface area contributed by atoms with Crippen LogP contribution in [0.3, 0.4) is 0 Å². The Bertz CT molecular complexity index is 741. The summed E-state index contributed by atoms with van der Waals surface area (Å²) in [6.07, 6.45) is 16.1. The van der Waals surface area contributed by atoms with E-state index in [1.54, 1.807) is 0 Å². The number of ketones is 1. The number of rotatable bonds is 4. The number of fused-ring (bicyclic) bond motifs is 5. The maximum absolute atomic E-state index is 12.6. The highest BCUT2D eigenvalue weighted by molar-refractivity contribution is 6.06. The second kappa shape index (κ2) is 7.54. The van der Waals surface area contributed by atoms with E-state index in [-0.39, 0.29) is 5.78 Å². The van der Waals surface area contributed by atoms with Crippen LogP contribution >= 0.6 is 0 Å². The van der Waals surface area contributed by atoms with Crippen molar-refractivity contribution in [2.45, 2.75) is 91.9 Å². The maximum atomic E-state index is 12.6. The topological polar surface area (TPSA) is 17.1 Å². The van der Waals surface area contributed by atoms with Gasteiger partial charge in [-0.15, -0.1) is 0 Å². The molecule has 4 saturated carbocycles. The molecule has 0 aromatic rings. The average molecular weight is 395 g/mol. The van der Waals surface area contributed by atoms with Crippen LogP contribution in [0.4, 0.5) is 0 Å². The SMILES string of the molecule is C=C(C)C(=C)C(=O)C=C(C)[C@H]1CC[C@H]2[C@@H]3CCC4CCCC[C@]4(C)[C@H]3CC[C@]12C. The fraction of sp³-hybridized carbons (Fsp3) is 0.750. The molecular weight excluding hydrogens is 352 g/mol. The molecule has 1 heteroatoms. The molecule has 7 atom stereocenters. The predicted molar refractivity (Wildman–Crippen MR) is 123 cm³/mol. The van der Waals surface area contributed by atoms with Gasteiger partial charge in [-0.3, -0.25) is 4.79 Å². The lowest BCUT2D eigenvalue weighted by molar-refractivity contribution is -0.111. The summed E-state index contributed by atoms with van der Waals surface area (Å²) in [5.41, 5.74) is 3.63. The predicted octanol–water partition coefficient (Wildman–Crippen LogP) is 7.68. The molecule has 1 nitrogen and oxygen atoms in total. The highest BCUT2D eigenvalue weighted by Crippen LogP contribution is 2.68. The number of hydrogen-bond donors (Lipinski definition) is 0. The average Bonchev–Trinajstić information content (AvgIpc) is 3.04. The lowest BCUT2D eigenvalue weighted by atomic mass is 9.44. The molecule has 4 aliphatic rings. The molecule has 0 saturated heterocycles. The first-order valence-electron chi connectivity index (χ1n) is 12.3. The molecule has 0 radical (unpaired) electrons. The molecule has 0 spiro atoms. The summed E-state index contributed by atoms with van der Waals surface area (Å²) in [5.74, 6) is 4.35. The van der Waals surface area contributed by atoms with Crippen LogP contribution in [0.1, 0.15) is 91.9 Å². The summed E-state index contributed by atoms with van der Waals surface area (Å²) in [5, 5.41) is 0. The fourth-order valence-electron chi connectivity index (χ4n) is 8.65. The van der Waals surface area contributed by atoms with Crippen molar-refractivity contribution in [1.29, 1.82) is 0 Å². The molecule has 0 amide bonds. The standard InChI is InChI=1S/C28H42O/c1-18(2)20(4)26(29)17-19(3)23-12-13-24-22-11-10-21-9-7-8-15-27(21,5)25(22)14-16-28(23,24)6/h17,21-25H,1,4,7-16H2,2-3,5-6H3/t21?,22-,23+,24-,25-,27-,28+/m0/s1. The zero-order valence-electron chi connectivity index (χ0n) is 19.4. The molecule has 0 aliphatic heterocycles. The van der Waals surface area contributed by atoms with Crippen molar-refractivity contribution in [3.63, 3.8) is 0 Å². The molecule has 160 valence electrons. The molecule has 4 rings (SSSR count). The van der Waals surface area contributed by atoms with Gasteiger partial charge in [-0.2, -0.15) is 0 Å². The van der Waals surface area contributed by atoms with Crippen molar-refractivity contribution in [3.05, 3.63) is 36.0 Å². The summed E-state index contributed by atoms with van der Waals surface area (Å²) >= 11 is 0. The smallest absolute Gasteiger partial charge is 0.185 e. The van der Waals surface area contributed by atoms with Crippen molar-refractivity contribution in [2.24, 2.45) is 40.4 Å². The Hall–Kier alpha value is -1.11. The molecule has 4 fully saturated rings. The van der Waals surface area contributed by atoms with Crippen LogP contribution in [0, 0.1) is 40.4 Å². The minimum Gasteiger partial charge on any atom is -0.289 e. The van der Waals surface area contributed by atoms with Gasteiger partial charge in [0.15, 0.2) is 5.78 Å². The van der Waals surface area contributed by atoms with Gasteiger partial charge in [0.25, 0.3) is 0 Å². The third-order valence-electron chi connectivity index (χ3n) is 10.3. The molecule has 0 bridgehead atoms. The van der Waals surface area contributed by atoms with Gasteiger partial charge in [0.2, 0.25) is 0 Å². The normalized spacial score (nSPS) is 44.4. The van der Waals surface area contributed by atoms with Crippen LogP contribution in [-0.2, 0) is 4.79 Å². The van der Waals surface area contributed by atoms with E-state index in [4.69, 9.17) is 0 Å². The lowest BCUT2D eigenvalue weighted by Gasteiger charge is -2.60. The Kier molecular flexibility index (Phi) is 5.50. The monoisotopic (exact) mass is 394 g/mol. The molecule has 0 aromatic carbocycles. The lowest BCUT2D eigenvalue weighted by Crippen LogP contribution is -2.52.